The highest BCUT2D eigenvalue weighted by Crippen LogP contribution is 2.20. The molecule has 1 fully saturated rings. The van der Waals surface area contributed by atoms with Crippen LogP contribution in [0.1, 0.15) is 51.2 Å². The predicted molar refractivity (Wildman–Crippen MR) is 182 cm³/mol. The van der Waals surface area contributed by atoms with Crippen molar-refractivity contribution in [3.05, 3.63) is 65.7 Å². The third kappa shape index (κ3) is 11.8. The van der Waals surface area contributed by atoms with Crippen LogP contribution in [0.2, 0.25) is 0 Å². The fourth-order valence-electron chi connectivity index (χ4n) is 5.70. The summed E-state index contributed by atoms with van der Waals surface area (Å²) in [6.07, 6.45) is -0.0715. The molecule has 1 saturated heterocycles. The molecule has 9 N–H and O–H groups in total. The molecule has 1 aliphatic heterocycles. The van der Waals surface area contributed by atoms with Gasteiger partial charge in [-0.25, -0.2) is 4.79 Å². The quantitative estimate of drug-likeness (QED) is 0.106. The van der Waals surface area contributed by atoms with Crippen LogP contribution in [-0.4, -0.2) is 105 Å². The van der Waals surface area contributed by atoms with Gasteiger partial charge in [-0.05, 0) is 61.8 Å². The van der Waals surface area contributed by atoms with Gasteiger partial charge >= 0.3 is 5.97 Å². The van der Waals surface area contributed by atoms with Gasteiger partial charge in [0.2, 0.25) is 29.5 Å². The second-order valence-corrected chi connectivity index (χ2v) is 13.0. The van der Waals surface area contributed by atoms with Crippen LogP contribution in [0, 0.1) is 5.92 Å². The lowest BCUT2D eigenvalue weighted by atomic mass is 10.0. The minimum absolute atomic E-state index is 0.0393. The standard InChI is InChI=1S/C35H48N6O9/c1-20(2)16-26(32(46)40-30(21(3)42)35(49)50)39-31(45)27(18-22-8-5-4-6-9-22)38-29(44)19-37-33(47)28-10-7-15-41(28)34(48)25(36)17-23-11-13-24(43)14-12-23/h4-6,8-9,11-14,20-21,25-28,30,42-43H,7,10,15-19,36H2,1-3H3,(H,37,47)(H,38,44)(H,39,45)(H,40,46)(H,49,50)/t21-,25+,26+,27+,28+,30+/m1/s1. The van der Waals surface area contributed by atoms with E-state index in [-0.39, 0.29) is 30.9 Å². The molecule has 0 aliphatic carbocycles. The first-order valence-electron chi connectivity index (χ1n) is 16.6. The molecule has 3 rings (SSSR count). The average molecular weight is 697 g/mol. The number of aromatic hydroxyl groups is 1. The van der Waals surface area contributed by atoms with E-state index < -0.39 is 78.4 Å². The Morgan fingerprint density at radius 1 is 0.860 bits per heavy atom. The number of nitrogens with zero attached hydrogens (tertiary/aromatic N) is 1. The number of nitrogens with two attached hydrogens (primary N) is 1. The Morgan fingerprint density at radius 2 is 1.48 bits per heavy atom. The largest absolute Gasteiger partial charge is 0.508 e. The molecule has 5 amide bonds. The number of aliphatic hydroxyl groups is 1. The van der Waals surface area contributed by atoms with Crippen LogP contribution in [0.3, 0.4) is 0 Å². The van der Waals surface area contributed by atoms with Crippen molar-refractivity contribution in [3.63, 3.8) is 0 Å². The molecule has 15 nitrogen and oxygen atoms in total. The van der Waals surface area contributed by atoms with Gasteiger partial charge in [0.25, 0.3) is 0 Å². The summed E-state index contributed by atoms with van der Waals surface area (Å²) in [6, 6.07) is 9.41. The number of benzene rings is 2. The van der Waals surface area contributed by atoms with E-state index >= 15 is 0 Å². The number of carbonyl (C=O) groups excluding carboxylic acids is 5. The number of aliphatic carboxylic acids is 1. The number of carboxylic acid groups (broad SMARTS) is 1. The summed E-state index contributed by atoms with van der Waals surface area (Å²) in [5, 5.41) is 38.8. The van der Waals surface area contributed by atoms with Gasteiger partial charge in [0.05, 0.1) is 18.7 Å². The van der Waals surface area contributed by atoms with Gasteiger partial charge in [-0.1, -0.05) is 56.3 Å². The normalized spacial score (nSPS) is 17.2. The lowest BCUT2D eigenvalue weighted by molar-refractivity contribution is -0.145. The fourth-order valence-corrected chi connectivity index (χ4v) is 5.70. The van der Waals surface area contributed by atoms with Crippen molar-refractivity contribution in [2.75, 3.05) is 13.1 Å². The molecule has 50 heavy (non-hydrogen) atoms. The van der Waals surface area contributed by atoms with Gasteiger partial charge in [-0.15, -0.1) is 0 Å². The Labute approximate surface area is 291 Å². The van der Waals surface area contributed by atoms with Crippen LogP contribution in [0.25, 0.3) is 0 Å². The number of rotatable bonds is 17. The Morgan fingerprint density at radius 3 is 2.08 bits per heavy atom. The number of phenolic OH excluding ortho intramolecular Hbond substituents is 1. The first-order chi connectivity index (χ1) is 23.7. The summed E-state index contributed by atoms with van der Waals surface area (Å²) in [5.74, 6) is -4.63. The highest BCUT2D eigenvalue weighted by atomic mass is 16.4. The number of aliphatic hydroxyl groups excluding tert-OH is 1. The number of nitrogens with one attached hydrogen (secondary N) is 4. The molecule has 0 radical (unpaired) electrons. The Bertz CT molecular complexity index is 1490. The summed E-state index contributed by atoms with van der Waals surface area (Å²) < 4.78 is 0. The van der Waals surface area contributed by atoms with Crippen LogP contribution in [0.4, 0.5) is 0 Å². The summed E-state index contributed by atoms with van der Waals surface area (Å²) in [6.45, 7) is 4.66. The first kappa shape index (κ1) is 39.4. The number of hydrogen-bond donors (Lipinski definition) is 8. The van der Waals surface area contributed by atoms with E-state index in [0.717, 1.165) is 5.56 Å². The van der Waals surface area contributed by atoms with Crippen molar-refractivity contribution < 1.29 is 44.1 Å². The lowest BCUT2D eigenvalue weighted by Crippen LogP contribution is -2.58. The van der Waals surface area contributed by atoms with Gasteiger partial charge in [-0.2, -0.15) is 0 Å². The van der Waals surface area contributed by atoms with Crippen LogP contribution in [-0.2, 0) is 41.6 Å². The molecule has 2 aromatic carbocycles. The summed E-state index contributed by atoms with van der Waals surface area (Å²) >= 11 is 0. The number of carbonyl (C=O) groups is 6. The zero-order valence-electron chi connectivity index (χ0n) is 28.5. The molecule has 0 unspecified atom stereocenters. The molecule has 2 aromatic rings. The Balaban J connectivity index is 1.66. The predicted octanol–water partition coefficient (Wildman–Crippen LogP) is -0.422. The number of phenols is 1. The van der Waals surface area contributed by atoms with E-state index in [9.17, 15) is 44.1 Å². The van der Waals surface area contributed by atoms with E-state index in [2.05, 4.69) is 21.3 Å². The van der Waals surface area contributed by atoms with E-state index in [1.54, 1.807) is 42.5 Å². The van der Waals surface area contributed by atoms with E-state index in [0.29, 0.717) is 24.9 Å². The maximum atomic E-state index is 13.6. The third-order valence-corrected chi connectivity index (χ3v) is 8.29. The number of amides is 5. The van der Waals surface area contributed by atoms with Crippen molar-refractivity contribution in [1.82, 2.24) is 26.2 Å². The molecule has 0 bridgehead atoms. The second-order valence-electron chi connectivity index (χ2n) is 13.0. The van der Waals surface area contributed by atoms with Crippen molar-refractivity contribution in [1.29, 1.82) is 0 Å². The molecule has 6 atom stereocenters. The SMILES string of the molecule is CC(C)C[C@H](NC(=O)[C@H](Cc1ccccc1)NC(=O)CNC(=O)[C@@H]1CCCN1C(=O)[C@@H](N)Cc1ccc(O)cc1)C(=O)N[C@H](C(=O)O)[C@@H](C)O. The molecular weight excluding hydrogens is 648 g/mol. The minimum Gasteiger partial charge on any atom is -0.508 e. The summed E-state index contributed by atoms with van der Waals surface area (Å²) in [7, 11) is 0. The van der Waals surface area contributed by atoms with Crippen LogP contribution in [0.15, 0.2) is 54.6 Å². The Kier molecular flexibility index (Phi) is 14.7. The fraction of sp³-hybridized carbons (Fsp3) is 0.486. The van der Waals surface area contributed by atoms with Gasteiger partial charge in [-0.3, -0.25) is 24.0 Å². The van der Waals surface area contributed by atoms with Crippen molar-refractivity contribution in [2.45, 2.75) is 89.2 Å². The van der Waals surface area contributed by atoms with E-state index in [4.69, 9.17) is 5.73 Å². The highest BCUT2D eigenvalue weighted by Gasteiger charge is 2.37. The smallest absolute Gasteiger partial charge is 0.328 e. The molecule has 15 heteroatoms. The lowest BCUT2D eigenvalue weighted by Gasteiger charge is -2.27. The van der Waals surface area contributed by atoms with Crippen molar-refractivity contribution >= 4 is 35.5 Å². The molecule has 272 valence electrons. The van der Waals surface area contributed by atoms with E-state index in [1.807, 2.05) is 13.8 Å². The summed E-state index contributed by atoms with van der Waals surface area (Å²) in [5.41, 5.74) is 7.62. The highest BCUT2D eigenvalue weighted by molar-refractivity contribution is 5.95. The average Bonchev–Trinajstić information content (AvgIpc) is 3.56. The van der Waals surface area contributed by atoms with Crippen LogP contribution >= 0.6 is 0 Å². The van der Waals surface area contributed by atoms with Gasteiger partial charge in [0.15, 0.2) is 6.04 Å². The Hall–Kier alpha value is -5.02. The topological polar surface area (TPSA) is 240 Å². The molecule has 1 heterocycles. The molecule has 1 aliphatic rings. The second kappa shape index (κ2) is 18.7. The number of likely N-dealkylation sites (tertiary alicyclic amines) is 1. The number of hydrogen-bond acceptors (Lipinski definition) is 9. The van der Waals surface area contributed by atoms with Crippen LogP contribution in [0.5, 0.6) is 5.75 Å². The van der Waals surface area contributed by atoms with E-state index in [1.165, 1.54) is 24.0 Å². The van der Waals surface area contributed by atoms with Crippen molar-refractivity contribution in [3.8, 4) is 5.75 Å². The van der Waals surface area contributed by atoms with Gasteiger partial charge in [0, 0.05) is 13.0 Å². The van der Waals surface area contributed by atoms with Gasteiger partial charge < -0.3 is 47.2 Å². The van der Waals surface area contributed by atoms with Crippen LogP contribution < -0.4 is 27.0 Å². The molecule has 0 aromatic heterocycles. The molecule has 0 spiro atoms. The van der Waals surface area contributed by atoms with Crippen molar-refractivity contribution in [2.24, 2.45) is 11.7 Å². The summed E-state index contributed by atoms with van der Waals surface area (Å²) in [4.78, 5) is 79.1. The molecular formula is C35H48N6O9. The third-order valence-electron chi connectivity index (χ3n) is 8.29. The maximum Gasteiger partial charge on any atom is 0.328 e. The molecule has 0 saturated carbocycles. The zero-order chi connectivity index (χ0) is 37.0. The monoisotopic (exact) mass is 696 g/mol. The van der Waals surface area contributed by atoms with Gasteiger partial charge in [0.1, 0.15) is 23.9 Å². The first-order valence-corrected chi connectivity index (χ1v) is 16.6. The zero-order valence-corrected chi connectivity index (χ0v) is 28.5. The maximum absolute atomic E-state index is 13.6. The minimum atomic E-state index is -1.60. The number of carboxylic acids is 1.